The number of phenolic OH excluding ortho intramolecular Hbond substituents is 1. The number of nitro benzene ring substituents is 1. The van der Waals surface area contributed by atoms with Crippen LogP contribution >= 0.6 is 0 Å². The van der Waals surface area contributed by atoms with Crippen LogP contribution < -0.4 is 11.5 Å². The van der Waals surface area contributed by atoms with Crippen molar-refractivity contribution in [1.29, 1.82) is 0 Å². The lowest BCUT2D eigenvalue weighted by atomic mass is 9.98. The van der Waals surface area contributed by atoms with Gasteiger partial charge in [0.2, 0.25) is 0 Å². The van der Waals surface area contributed by atoms with Crippen LogP contribution in [-0.2, 0) is 0 Å². The molecule has 0 saturated heterocycles. The average molecular weight is 225 g/mol. The Morgan fingerprint density at radius 1 is 1.56 bits per heavy atom. The van der Waals surface area contributed by atoms with Crippen molar-refractivity contribution in [2.24, 2.45) is 11.5 Å². The maximum atomic E-state index is 10.8. The molecule has 0 unspecified atom stereocenters. The molecule has 6 nitrogen and oxygen atoms in total. The number of hydrogen-bond donors (Lipinski definition) is 3. The quantitative estimate of drug-likeness (QED) is 0.521. The van der Waals surface area contributed by atoms with Crippen molar-refractivity contribution in [2.75, 3.05) is 6.54 Å². The van der Waals surface area contributed by atoms with Crippen LogP contribution in [-0.4, -0.2) is 16.6 Å². The Labute approximate surface area is 93.0 Å². The van der Waals surface area contributed by atoms with Gasteiger partial charge in [-0.1, -0.05) is 0 Å². The molecule has 0 spiro atoms. The van der Waals surface area contributed by atoms with E-state index in [1.165, 1.54) is 0 Å². The standard InChI is InChI=1S/C10H15N3O3/c1-5-3-7(8(12)4-11)10(14)9(6(5)2)13(15)16/h3,8,14H,4,11-12H2,1-2H3/t8-/m1/s1. The first-order valence-electron chi connectivity index (χ1n) is 4.83. The molecule has 1 aromatic carbocycles. The Morgan fingerprint density at radius 2 is 2.12 bits per heavy atom. The van der Waals surface area contributed by atoms with Crippen LogP contribution in [0.1, 0.15) is 22.7 Å². The maximum Gasteiger partial charge on any atom is 0.314 e. The first kappa shape index (κ1) is 12.4. The number of rotatable bonds is 3. The van der Waals surface area contributed by atoms with E-state index in [9.17, 15) is 15.2 Å². The van der Waals surface area contributed by atoms with E-state index < -0.39 is 11.0 Å². The number of nitrogens with zero attached hydrogens (tertiary/aromatic N) is 1. The zero-order chi connectivity index (χ0) is 12.5. The molecule has 0 bridgehead atoms. The minimum absolute atomic E-state index is 0.118. The number of phenols is 1. The van der Waals surface area contributed by atoms with Crippen LogP contribution in [0.3, 0.4) is 0 Å². The molecule has 0 fully saturated rings. The summed E-state index contributed by atoms with van der Waals surface area (Å²) in [5, 5.41) is 20.6. The summed E-state index contributed by atoms with van der Waals surface area (Å²) in [5.41, 5.74) is 12.2. The largest absolute Gasteiger partial charge is 0.502 e. The molecular weight excluding hydrogens is 210 g/mol. The van der Waals surface area contributed by atoms with E-state index in [0.717, 1.165) is 0 Å². The Balaban J connectivity index is 3.50. The molecule has 16 heavy (non-hydrogen) atoms. The molecule has 0 heterocycles. The van der Waals surface area contributed by atoms with Gasteiger partial charge < -0.3 is 16.6 Å². The second-order valence-electron chi connectivity index (χ2n) is 3.70. The molecular formula is C10H15N3O3. The summed E-state index contributed by atoms with van der Waals surface area (Å²) in [7, 11) is 0. The predicted molar refractivity (Wildman–Crippen MR) is 60.2 cm³/mol. The smallest absolute Gasteiger partial charge is 0.314 e. The molecule has 0 aliphatic rings. The lowest BCUT2D eigenvalue weighted by Gasteiger charge is -2.14. The highest BCUT2D eigenvalue weighted by Crippen LogP contribution is 2.37. The number of nitro groups is 1. The molecule has 0 aliphatic carbocycles. The lowest BCUT2D eigenvalue weighted by Crippen LogP contribution is -2.21. The third kappa shape index (κ3) is 1.98. The monoisotopic (exact) mass is 225 g/mol. The first-order chi connectivity index (χ1) is 7.40. The van der Waals surface area contributed by atoms with Crippen molar-refractivity contribution in [3.63, 3.8) is 0 Å². The van der Waals surface area contributed by atoms with Crippen LogP contribution in [0.4, 0.5) is 5.69 Å². The van der Waals surface area contributed by atoms with Crippen molar-refractivity contribution in [3.8, 4) is 5.75 Å². The van der Waals surface area contributed by atoms with E-state index in [0.29, 0.717) is 16.7 Å². The second kappa shape index (κ2) is 4.46. The van der Waals surface area contributed by atoms with E-state index in [-0.39, 0.29) is 18.0 Å². The number of aromatic hydroxyl groups is 1. The number of nitrogens with two attached hydrogens (primary N) is 2. The van der Waals surface area contributed by atoms with Crippen LogP contribution in [0.15, 0.2) is 6.07 Å². The number of aryl methyl sites for hydroxylation is 1. The maximum absolute atomic E-state index is 10.8. The van der Waals surface area contributed by atoms with Gasteiger partial charge in [0.05, 0.1) is 4.92 Å². The Bertz CT molecular complexity index is 432. The van der Waals surface area contributed by atoms with Gasteiger partial charge in [-0.2, -0.15) is 0 Å². The van der Waals surface area contributed by atoms with Gasteiger partial charge in [0, 0.05) is 23.7 Å². The molecule has 0 saturated carbocycles. The molecule has 1 rings (SSSR count). The topological polar surface area (TPSA) is 115 Å². The Kier molecular flexibility index (Phi) is 3.46. The fraction of sp³-hybridized carbons (Fsp3) is 0.400. The SMILES string of the molecule is Cc1cc([C@H](N)CN)c(O)c([N+](=O)[O-])c1C. The zero-order valence-corrected chi connectivity index (χ0v) is 9.23. The third-order valence-corrected chi connectivity index (χ3v) is 2.65. The van der Waals surface area contributed by atoms with Gasteiger partial charge in [-0.15, -0.1) is 0 Å². The van der Waals surface area contributed by atoms with Crippen molar-refractivity contribution < 1.29 is 10.0 Å². The van der Waals surface area contributed by atoms with Gasteiger partial charge in [0.25, 0.3) is 0 Å². The predicted octanol–water partition coefficient (Wildman–Crippen LogP) is 0.876. The van der Waals surface area contributed by atoms with Crippen molar-refractivity contribution in [1.82, 2.24) is 0 Å². The Hall–Kier alpha value is -1.66. The van der Waals surface area contributed by atoms with Crippen molar-refractivity contribution in [2.45, 2.75) is 19.9 Å². The van der Waals surface area contributed by atoms with Gasteiger partial charge in [-0.25, -0.2) is 0 Å². The van der Waals surface area contributed by atoms with Crippen LogP contribution in [0, 0.1) is 24.0 Å². The normalized spacial score (nSPS) is 12.5. The zero-order valence-electron chi connectivity index (χ0n) is 9.23. The molecule has 0 radical (unpaired) electrons. The summed E-state index contributed by atoms with van der Waals surface area (Å²) in [5.74, 6) is -0.383. The minimum atomic E-state index is -0.607. The first-order valence-corrected chi connectivity index (χ1v) is 4.83. The van der Waals surface area contributed by atoms with E-state index in [1.807, 2.05) is 0 Å². The molecule has 0 amide bonds. The summed E-state index contributed by atoms with van der Waals surface area (Å²) in [6.45, 7) is 3.44. The van der Waals surface area contributed by atoms with E-state index >= 15 is 0 Å². The highest BCUT2D eigenvalue weighted by Gasteiger charge is 2.24. The molecule has 0 aliphatic heterocycles. The van der Waals surface area contributed by atoms with Gasteiger partial charge in [0.1, 0.15) is 0 Å². The summed E-state index contributed by atoms with van der Waals surface area (Å²) < 4.78 is 0. The highest BCUT2D eigenvalue weighted by atomic mass is 16.6. The van der Waals surface area contributed by atoms with Crippen LogP contribution in [0.5, 0.6) is 5.75 Å². The number of hydrogen-bond acceptors (Lipinski definition) is 5. The number of benzene rings is 1. The fourth-order valence-corrected chi connectivity index (χ4v) is 1.54. The molecule has 5 N–H and O–H groups in total. The summed E-state index contributed by atoms with van der Waals surface area (Å²) >= 11 is 0. The van der Waals surface area contributed by atoms with E-state index in [2.05, 4.69) is 0 Å². The van der Waals surface area contributed by atoms with Gasteiger partial charge in [-0.05, 0) is 25.5 Å². The van der Waals surface area contributed by atoms with Gasteiger partial charge in [0.15, 0.2) is 5.75 Å². The lowest BCUT2D eigenvalue weighted by molar-refractivity contribution is -0.386. The average Bonchev–Trinajstić information content (AvgIpc) is 2.22. The Morgan fingerprint density at radius 3 is 2.56 bits per heavy atom. The highest BCUT2D eigenvalue weighted by molar-refractivity contribution is 5.59. The van der Waals surface area contributed by atoms with Gasteiger partial charge >= 0.3 is 5.69 Å². The molecule has 0 aromatic heterocycles. The summed E-state index contributed by atoms with van der Waals surface area (Å²) in [4.78, 5) is 10.2. The van der Waals surface area contributed by atoms with Crippen LogP contribution in [0.25, 0.3) is 0 Å². The van der Waals surface area contributed by atoms with E-state index in [4.69, 9.17) is 11.5 Å². The fourth-order valence-electron chi connectivity index (χ4n) is 1.54. The summed E-state index contributed by atoms with van der Waals surface area (Å²) in [6, 6.07) is 1.04. The molecule has 1 atom stereocenters. The van der Waals surface area contributed by atoms with Crippen LogP contribution in [0.2, 0.25) is 0 Å². The van der Waals surface area contributed by atoms with Crippen molar-refractivity contribution in [3.05, 3.63) is 32.9 Å². The molecule has 6 heteroatoms. The molecule has 1 aromatic rings. The van der Waals surface area contributed by atoms with E-state index in [1.54, 1.807) is 19.9 Å². The van der Waals surface area contributed by atoms with Gasteiger partial charge in [-0.3, -0.25) is 10.1 Å². The van der Waals surface area contributed by atoms with Crippen molar-refractivity contribution >= 4 is 5.69 Å². The summed E-state index contributed by atoms with van der Waals surface area (Å²) in [6.07, 6.45) is 0. The minimum Gasteiger partial charge on any atom is -0.502 e. The third-order valence-electron chi connectivity index (χ3n) is 2.65. The molecule has 88 valence electrons. The second-order valence-corrected chi connectivity index (χ2v) is 3.70.